The Morgan fingerprint density at radius 2 is 1.75 bits per heavy atom. The van der Waals surface area contributed by atoms with Gasteiger partial charge in [0.25, 0.3) is 0 Å². The van der Waals surface area contributed by atoms with Crippen molar-refractivity contribution in [2.75, 3.05) is 0 Å². The number of carbonyl (C=O) groups excluding carboxylic acids is 1. The van der Waals surface area contributed by atoms with E-state index in [0.717, 1.165) is 17.5 Å². The summed E-state index contributed by atoms with van der Waals surface area (Å²) in [5.41, 5.74) is 4.47. The second kappa shape index (κ2) is 8.55. The average molecular weight is 364 g/mol. The van der Waals surface area contributed by atoms with Gasteiger partial charge in [0.05, 0.1) is 6.04 Å². The second-order valence-electron chi connectivity index (χ2n) is 6.07. The van der Waals surface area contributed by atoms with Crippen molar-refractivity contribution in [3.05, 3.63) is 68.7 Å². The maximum Gasteiger partial charge on any atom is 0.220 e. The Bertz CT molecular complexity index is 707. The second-order valence-corrected chi connectivity index (χ2v) is 6.89. The zero-order valence-electron chi connectivity index (χ0n) is 14.3. The van der Waals surface area contributed by atoms with E-state index in [-0.39, 0.29) is 11.9 Å². The van der Waals surface area contributed by atoms with Crippen molar-refractivity contribution in [2.45, 2.75) is 46.1 Å². The summed E-state index contributed by atoms with van der Waals surface area (Å²) in [6.45, 7) is 6.25. The fraction of sp³-hybridized carbons (Fsp3) is 0.350. The molecule has 0 aromatic heterocycles. The lowest BCUT2D eigenvalue weighted by molar-refractivity contribution is -0.121. The van der Waals surface area contributed by atoms with Gasteiger partial charge in [-0.1, -0.05) is 54.4 Å². The summed E-state index contributed by atoms with van der Waals surface area (Å²) >= 11 is 12.3. The maximum absolute atomic E-state index is 12.3. The lowest BCUT2D eigenvalue weighted by Crippen LogP contribution is -2.28. The van der Waals surface area contributed by atoms with Gasteiger partial charge in [-0.05, 0) is 61.1 Å². The van der Waals surface area contributed by atoms with Gasteiger partial charge in [0.15, 0.2) is 0 Å². The lowest BCUT2D eigenvalue weighted by Gasteiger charge is -2.19. The van der Waals surface area contributed by atoms with E-state index >= 15 is 0 Å². The largest absolute Gasteiger partial charge is 0.349 e. The molecule has 1 amide bonds. The first-order valence-corrected chi connectivity index (χ1v) is 8.97. The highest BCUT2D eigenvalue weighted by molar-refractivity contribution is 6.36. The quantitative estimate of drug-likeness (QED) is 0.688. The molecule has 0 fully saturated rings. The predicted octanol–water partition coefficient (Wildman–Crippen LogP) is 5.81. The highest BCUT2D eigenvalue weighted by Gasteiger charge is 2.14. The third-order valence-electron chi connectivity index (χ3n) is 4.34. The van der Waals surface area contributed by atoms with Crippen molar-refractivity contribution >= 4 is 29.1 Å². The minimum absolute atomic E-state index is 0.0102. The van der Waals surface area contributed by atoms with Gasteiger partial charge >= 0.3 is 0 Å². The number of nitrogens with one attached hydrogen (secondary N) is 1. The zero-order chi connectivity index (χ0) is 17.7. The fourth-order valence-corrected chi connectivity index (χ4v) is 3.27. The van der Waals surface area contributed by atoms with Crippen LogP contribution in [0.3, 0.4) is 0 Å². The Morgan fingerprint density at radius 1 is 1.08 bits per heavy atom. The Morgan fingerprint density at radius 3 is 2.33 bits per heavy atom. The van der Waals surface area contributed by atoms with Crippen LogP contribution in [0, 0.1) is 13.8 Å². The summed E-state index contributed by atoms with van der Waals surface area (Å²) < 4.78 is 0. The van der Waals surface area contributed by atoms with Gasteiger partial charge in [0, 0.05) is 16.5 Å². The Balaban J connectivity index is 2.00. The van der Waals surface area contributed by atoms with Crippen molar-refractivity contribution in [1.29, 1.82) is 0 Å². The van der Waals surface area contributed by atoms with E-state index in [9.17, 15) is 4.79 Å². The first-order valence-electron chi connectivity index (χ1n) is 8.21. The Labute approximate surface area is 154 Å². The minimum atomic E-state index is 0.0102. The SMILES string of the molecule is CC[C@@H](NC(=O)CCc1c(Cl)cccc1Cl)c1ccc(C)c(C)c1. The molecule has 1 atom stereocenters. The molecule has 0 saturated carbocycles. The number of halogens is 2. The van der Waals surface area contributed by atoms with Crippen LogP contribution in [0.4, 0.5) is 0 Å². The van der Waals surface area contributed by atoms with Gasteiger partial charge < -0.3 is 5.32 Å². The van der Waals surface area contributed by atoms with Crippen LogP contribution in [0.5, 0.6) is 0 Å². The van der Waals surface area contributed by atoms with Crippen molar-refractivity contribution in [3.8, 4) is 0 Å². The summed E-state index contributed by atoms with van der Waals surface area (Å²) in [4.78, 5) is 12.3. The first-order chi connectivity index (χ1) is 11.4. The molecule has 0 aliphatic heterocycles. The lowest BCUT2D eigenvalue weighted by atomic mass is 9.99. The molecule has 4 heteroatoms. The molecule has 0 spiro atoms. The predicted molar refractivity (Wildman–Crippen MR) is 102 cm³/mol. The van der Waals surface area contributed by atoms with Crippen molar-refractivity contribution in [2.24, 2.45) is 0 Å². The average Bonchev–Trinajstić information content (AvgIpc) is 2.55. The molecule has 2 nitrogen and oxygen atoms in total. The van der Waals surface area contributed by atoms with Gasteiger partial charge in [-0.3, -0.25) is 4.79 Å². The van der Waals surface area contributed by atoms with Crippen LogP contribution in [0.2, 0.25) is 10.0 Å². The number of amides is 1. The molecule has 2 aromatic rings. The molecular formula is C20H23Cl2NO. The Kier molecular flexibility index (Phi) is 6.70. The topological polar surface area (TPSA) is 29.1 Å². The first kappa shape index (κ1) is 18.8. The number of hydrogen-bond acceptors (Lipinski definition) is 1. The molecule has 1 N–H and O–H groups in total. The van der Waals surface area contributed by atoms with Gasteiger partial charge in [0.1, 0.15) is 0 Å². The minimum Gasteiger partial charge on any atom is -0.349 e. The fourth-order valence-electron chi connectivity index (χ4n) is 2.68. The molecule has 128 valence electrons. The van der Waals surface area contributed by atoms with E-state index < -0.39 is 0 Å². The van der Waals surface area contributed by atoms with Crippen LogP contribution in [-0.4, -0.2) is 5.91 Å². The zero-order valence-corrected chi connectivity index (χ0v) is 15.8. The summed E-state index contributed by atoms with van der Waals surface area (Å²) in [7, 11) is 0. The summed E-state index contributed by atoms with van der Waals surface area (Å²) in [6.07, 6.45) is 1.75. The van der Waals surface area contributed by atoms with Crippen LogP contribution >= 0.6 is 23.2 Å². The van der Waals surface area contributed by atoms with Crippen molar-refractivity contribution in [1.82, 2.24) is 5.32 Å². The van der Waals surface area contributed by atoms with E-state index in [2.05, 4.69) is 44.3 Å². The van der Waals surface area contributed by atoms with Crippen LogP contribution in [0.1, 0.15) is 48.1 Å². The number of benzene rings is 2. The van der Waals surface area contributed by atoms with Gasteiger partial charge in [-0.2, -0.15) is 0 Å². The molecule has 2 rings (SSSR count). The van der Waals surface area contributed by atoms with Crippen molar-refractivity contribution < 1.29 is 4.79 Å². The monoisotopic (exact) mass is 363 g/mol. The molecule has 0 aliphatic carbocycles. The van der Waals surface area contributed by atoms with Gasteiger partial charge in [-0.25, -0.2) is 0 Å². The number of rotatable bonds is 6. The molecule has 0 bridgehead atoms. The normalized spacial score (nSPS) is 12.0. The molecule has 0 radical (unpaired) electrons. The van der Waals surface area contributed by atoms with E-state index in [1.807, 2.05) is 0 Å². The van der Waals surface area contributed by atoms with E-state index in [0.29, 0.717) is 22.9 Å². The van der Waals surface area contributed by atoms with E-state index in [4.69, 9.17) is 23.2 Å². The molecule has 0 heterocycles. The maximum atomic E-state index is 12.3. The smallest absolute Gasteiger partial charge is 0.220 e. The third-order valence-corrected chi connectivity index (χ3v) is 5.05. The van der Waals surface area contributed by atoms with Crippen LogP contribution in [0.25, 0.3) is 0 Å². The highest BCUT2D eigenvalue weighted by Crippen LogP contribution is 2.26. The summed E-state index contributed by atoms with van der Waals surface area (Å²) in [5.74, 6) is 0.0102. The number of aryl methyl sites for hydroxylation is 2. The molecule has 0 aliphatic rings. The highest BCUT2D eigenvalue weighted by atomic mass is 35.5. The van der Waals surface area contributed by atoms with E-state index in [1.54, 1.807) is 18.2 Å². The van der Waals surface area contributed by atoms with Crippen LogP contribution in [-0.2, 0) is 11.2 Å². The molecule has 0 saturated heterocycles. The number of carbonyl (C=O) groups is 1. The van der Waals surface area contributed by atoms with Crippen molar-refractivity contribution in [3.63, 3.8) is 0 Å². The van der Waals surface area contributed by atoms with Crippen LogP contribution < -0.4 is 5.32 Å². The summed E-state index contributed by atoms with van der Waals surface area (Å²) in [5, 5.41) is 4.33. The van der Waals surface area contributed by atoms with Gasteiger partial charge in [-0.15, -0.1) is 0 Å². The standard InChI is InChI=1S/C20H23Cl2NO/c1-4-19(15-9-8-13(2)14(3)12-15)23-20(24)11-10-16-17(21)6-5-7-18(16)22/h5-9,12,19H,4,10-11H2,1-3H3,(H,23,24)/t19-/m1/s1. The molecule has 0 unspecified atom stereocenters. The summed E-state index contributed by atoms with van der Waals surface area (Å²) in [6, 6.07) is 11.8. The molecule has 2 aromatic carbocycles. The van der Waals surface area contributed by atoms with Crippen LogP contribution in [0.15, 0.2) is 36.4 Å². The van der Waals surface area contributed by atoms with Gasteiger partial charge in [0.2, 0.25) is 5.91 Å². The molecular weight excluding hydrogens is 341 g/mol. The third kappa shape index (κ3) is 4.75. The Hall–Kier alpha value is -1.51. The number of hydrogen-bond donors (Lipinski definition) is 1. The molecule has 24 heavy (non-hydrogen) atoms. The van der Waals surface area contributed by atoms with E-state index in [1.165, 1.54) is 11.1 Å².